The van der Waals surface area contributed by atoms with Crippen molar-refractivity contribution >= 4 is 11.6 Å². The normalized spacial score (nSPS) is 22.7. The summed E-state index contributed by atoms with van der Waals surface area (Å²) < 4.78 is 5.98. The fraction of sp³-hybridized carbons (Fsp3) is 0.316. The Hall–Kier alpha value is -2.33. The highest BCUT2D eigenvalue weighted by Crippen LogP contribution is 2.35. The maximum absolute atomic E-state index is 12.8. The van der Waals surface area contributed by atoms with Gasteiger partial charge in [0.2, 0.25) is 0 Å². The summed E-state index contributed by atoms with van der Waals surface area (Å²) in [5.41, 5.74) is 1.05. The number of ether oxygens (including phenoxy) is 1. The number of amides is 1. The van der Waals surface area contributed by atoms with E-state index in [9.17, 15) is 4.79 Å². The van der Waals surface area contributed by atoms with Gasteiger partial charge in [-0.1, -0.05) is 48.5 Å². The third-order valence-electron chi connectivity index (χ3n) is 4.37. The van der Waals surface area contributed by atoms with E-state index in [2.05, 4.69) is 5.32 Å². The second-order valence-electron chi connectivity index (χ2n) is 6.04. The average Bonchev–Trinajstić information content (AvgIpc) is 2.59. The minimum absolute atomic E-state index is 0.000958. The maximum Gasteiger partial charge on any atom is 0.256 e. The molecule has 120 valence electrons. The molecule has 1 heterocycles. The average molecular weight is 310 g/mol. The van der Waals surface area contributed by atoms with Gasteiger partial charge in [0.05, 0.1) is 12.6 Å². The van der Waals surface area contributed by atoms with Crippen LogP contribution in [0.15, 0.2) is 60.7 Å². The first-order chi connectivity index (χ1) is 11.1. The fourth-order valence-electron chi connectivity index (χ4n) is 3.03. The molecule has 1 amide bonds. The summed E-state index contributed by atoms with van der Waals surface area (Å²) in [4.78, 5) is 14.6. The number of hydrogen-bond donors (Lipinski definition) is 1. The quantitative estimate of drug-likeness (QED) is 0.943. The number of carbonyl (C=O) groups excluding carboxylic acids is 1. The van der Waals surface area contributed by atoms with E-state index in [0.29, 0.717) is 13.2 Å². The summed E-state index contributed by atoms with van der Waals surface area (Å²) in [5.74, 6) is 0.000958. The molecule has 2 aromatic carbocycles. The Balaban J connectivity index is 1.99. The van der Waals surface area contributed by atoms with Gasteiger partial charge in [-0.15, -0.1) is 0 Å². The molecule has 1 fully saturated rings. The lowest BCUT2D eigenvalue weighted by Crippen LogP contribution is -2.58. The lowest BCUT2D eigenvalue weighted by Gasteiger charge is -2.43. The molecule has 2 atom stereocenters. The molecule has 0 unspecified atom stereocenters. The lowest BCUT2D eigenvalue weighted by molar-refractivity contribution is -0.169. The maximum atomic E-state index is 12.8. The molecule has 4 nitrogen and oxygen atoms in total. The number of nitrogens with one attached hydrogen (secondary N) is 1. The number of benzene rings is 2. The molecule has 0 spiro atoms. The van der Waals surface area contributed by atoms with Crippen LogP contribution in [-0.4, -0.2) is 36.6 Å². The molecule has 1 saturated heterocycles. The number of nitrogens with zero attached hydrogens (tertiary/aromatic N) is 1. The smallest absolute Gasteiger partial charge is 0.256 e. The van der Waals surface area contributed by atoms with Gasteiger partial charge in [0.15, 0.2) is 5.60 Å². The molecule has 0 bridgehead atoms. The number of para-hydroxylation sites is 1. The van der Waals surface area contributed by atoms with E-state index >= 15 is 0 Å². The molecule has 3 rings (SSSR count). The number of carbonyl (C=O) groups is 1. The molecule has 1 aliphatic rings. The third-order valence-corrected chi connectivity index (χ3v) is 4.37. The molecule has 0 aromatic heterocycles. The molecule has 23 heavy (non-hydrogen) atoms. The van der Waals surface area contributed by atoms with Gasteiger partial charge in [0.25, 0.3) is 5.91 Å². The molecular weight excluding hydrogens is 288 g/mol. The van der Waals surface area contributed by atoms with Crippen molar-refractivity contribution in [2.75, 3.05) is 25.5 Å². The Morgan fingerprint density at radius 2 is 1.70 bits per heavy atom. The standard InChI is InChI=1S/C19H22N2O2/c1-19(18(22)21(2)13-14-23-19)17(15-9-5-3-6-10-15)20-16-11-7-4-8-12-16/h3-12,17,20H,13-14H2,1-2H3/t17-,19+/m0/s1. The van der Waals surface area contributed by atoms with E-state index in [4.69, 9.17) is 4.74 Å². The molecule has 0 radical (unpaired) electrons. The first-order valence-corrected chi connectivity index (χ1v) is 7.87. The highest BCUT2D eigenvalue weighted by Gasteiger charge is 2.47. The first-order valence-electron chi connectivity index (χ1n) is 7.87. The minimum atomic E-state index is -0.940. The zero-order valence-electron chi connectivity index (χ0n) is 13.5. The molecule has 1 aliphatic heterocycles. The second-order valence-corrected chi connectivity index (χ2v) is 6.04. The van der Waals surface area contributed by atoms with Crippen LogP contribution in [0.5, 0.6) is 0 Å². The van der Waals surface area contributed by atoms with Crippen molar-refractivity contribution in [1.82, 2.24) is 4.90 Å². The minimum Gasteiger partial charge on any atom is -0.375 e. The SMILES string of the molecule is CN1CCO[C@](C)([C@@H](Nc2ccccc2)c2ccccc2)C1=O. The van der Waals surface area contributed by atoms with Gasteiger partial charge < -0.3 is 15.0 Å². The van der Waals surface area contributed by atoms with Crippen LogP contribution in [0.1, 0.15) is 18.5 Å². The summed E-state index contributed by atoms with van der Waals surface area (Å²) in [5, 5.41) is 3.48. The number of anilines is 1. The zero-order chi connectivity index (χ0) is 16.3. The van der Waals surface area contributed by atoms with Gasteiger partial charge in [-0.25, -0.2) is 0 Å². The Labute approximate surface area is 137 Å². The Morgan fingerprint density at radius 1 is 1.09 bits per heavy atom. The Bertz CT molecular complexity index is 660. The van der Waals surface area contributed by atoms with Gasteiger partial charge in [0, 0.05) is 19.3 Å². The fourth-order valence-corrected chi connectivity index (χ4v) is 3.03. The molecule has 0 aliphatic carbocycles. The monoisotopic (exact) mass is 310 g/mol. The van der Waals surface area contributed by atoms with Crippen LogP contribution in [0.25, 0.3) is 0 Å². The summed E-state index contributed by atoms with van der Waals surface area (Å²) in [6.45, 7) is 3.04. The predicted molar refractivity (Wildman–Crippen MR) is 91.2 cm³/mol. The van der Waals surface area contributed by atoms with Crippen molar-refractivity contribution in [2.45, 2.75) is 18.6 Å². The number of rotatable bonds is 4. The van der Waals surface area contributed by atoms with E-state index in [1.54, 1.807) is 4.90 Å². The van der Waals surface area contributed by atoms with Gasteiger partial charge in [-0.3, -0.25) is 4.79 Å². The lowest BCUT2D eigenvalue weighted by atomic mass is 9.87. The topological polar surface area (TPSA) is 41.6 Å². The van der Waals surface area contributed by atoms with E-state index < -0.39 is 5.60 Å². The van der Waals surface area contributed by atoms with Crippen molar-refractivity contribution in [2.24, 2.45) is 0 Å². The van der Waals surface area contributed by atoms with E-state index in [0.717, 1.165) is 11.3 Å². The van der Waals surface area contributed by atoms with Crippen molar-refractivity contribution in [3.63, 3.8) is 0 Å². The molecule has 2 aromatic rings. The van der Waals surface area contributed by atoms with Crippen LogP contribution >= 0.6 is 0 Å². The van der Waals surface area contributed by atoms with Gasteiger partial charge in [-0.05, 0) is 24.6 Å². The number of hydrogen-bond acceptors (Lipinski definition) is 3. The molecule has 0 saturated carbocycles. The van der Waals surface area contributed by atoms with E-state index in [1.807, 2.05) is 74.6 Å². The molecule has 1 N–H and O–H groups in total. The predicted octanol–water partition coefficient (Wildman–Crippen LogP) is 3.09. The highest BCUT2D eigenvalue weighted by atomic mass is 16.5. The van der Waals surface area contributed by atoms with Gasteiger partial charge >= 0.3 is 0 Å². The summed E-state index contributed by atoms with van der Waals surface area (Å²) in [7, 11) is 1.83. The van der Waals surface area contributed by atoms with Crippen LogP contribution in [0.4, 0.5) is 5.69 Å². The second kappa shape index (κ2) is 6.42. The van der Waals surface area contributed by atoms with E-state index in [1.165, 1.54) is 0 Å². The first kappa shape index (κ1) is 15.6. The summed E-state index contributed by atoms with van der Waals surface area (Å²) in [6.07, 6.45) is 0. The Kier molecular flexibility index (Phi) is 4.35. The van der Waals surface area contributed by atoms with Crippen molar-refractivity contribution in [1.29, 1.82) is 0 Å². The van der Waals surface area contributed by atoms with Crippen LogP contribution < -0.4 is 5.32 Å². The highest BCUT2D eigenvalue weighted by molar-refractivity contribution is 5.87. The number of likely N-dealkylation sites (N-methyl/N-ethyl adjacent to an activating group) is 1. The number of morpholine rings is 1. The van der Waals surface area contributed by atoms with Crippen molar-refractivity contribution in [3.8, 4) is 0 Å². The zero-order valence-corrected chi connectivity index (χ0v) is 13.5. The van der Waals surface area contributed by atoms with Gasteiger partial charge in [-0.2, -0.15) is 0 Å². The summed E-state index contributed by atoms with van der Waals surface area (Å²) in [6, 6.07) is 19.6. The Morgan fingerprint density at radius 3 is 2.35 bits per heavy atom. The van der Waals surface area contributed by atoms with Crippen molar-refractivity contribution < 1.29 is 9.53 Å². The molecular formula is C19H22N2O2. The third kappa shape index (κ3) is 3.08. The van der Waals surface area contributed by atoms with Crippen molar-refractivity contribution in [3.05, 3.63) is 66.2 Å². The van der Waals surface area contributed by atoms with Gasteiger partial charge in [0.1, 0.15) is 0 Å². The van der Waals surface area contributed by atoms with E-state index in [-0.39, 0.29) is 11.9 Å². The molecule has 4 heteroatoms. The van der Waals surface area contributed by atoms with Crippen LogP contribution in [0.3, 0.4) is 0 Å². The largest absolute Gasteiger partial charge is 0.375 e. The summed E-state index contributed by atoms with van der Waals surface area (Å²) >= 11 is 0. The van der Waals surface area contributed by atoms with Crippen LogP contribution in [0, 0.1) is 0 Å². The van der Waals surface area contributed by atoms with Crippen LogP contribution in [-0.2, 0) is 9.53 Å². The van der Waals surface area contributed by atoms with Crippen LogP contribution in [0.2, 0.25) is 0 Å².